The highest BCUT2D eigenvalue weighted by atomic mass is 16.3. The van der Waals surface area contributed by atoms with Crippen LogP contribution >= 0.6 is 0 Å². The van der Waals surface area contributed by atoms with Gasteiger partial charge >= 0.3 is 0 Å². The van der Waals surface area contributed by atoms with Gasteiger partial charge in [-0.2, -0.15) is 0 Å². The number of hydrogen-bond acceptors (Lipinski definition) is 3. The number of nitrogens with one attached hydrogen (secondary N) is 2. The maximum absolute atomic E-state index is 9.43. The molecular formula is C13H14N4O. The van der Waals surface area contributed by atoms with E-state index in [0.717, 1.165) is 28.0 Å². The molecule has 0 aliphatic rings. The first kappa shape index (κ1) is 10.9. The van der Waals surface area contributed by atoms with E-state index in [1.807, 2.05) is 19.2 Å². The van der Waals surface area contributed by atoms with Crippen LogP contribution in [0.4, 0.5) is 0 Å². The molecule has 0 radical (unpaired) electrons. The Morgan fingerprint density at radius 2 is 2.22 bits per heavy atom. The lowest BCUT2D eigenvalue weighted by Crippen LogP contribution is -2.06. The Labute approximate surface area is 104 Å². The van der Waals surface area contributed by atoms with Crippen molar-refractivity contribution in [1.29, 1.82) is 0 Å². The van der Waals surface area contributed by atoms with Crippen LogP contribution in [-0.2, 0) is 0 Å². The van der Waals surface area contributed by atoms with Crippen molar-refractivity contribution in [3.8, 4) is 17.0 Å². The maximum atomic E-state index is 9.43. The van der Waals surface area contributed by atoms with Crippen molar-refractivity contribution in [2.45, 2.75) is 13.0 Å². The number of aromatic amines is 2. The van der Waals surface area contributed by atoms with Crippen molar-refractivity contribution < 1.29 is 5.11 Å². The van der Waals surface area contributed by atoms with Gasteiger partial charge in [0.25, 0.3) is 0 Å². The van der Waals surface area contributed by atoms with Crippen LogP contribution in [0, 0.1) is 0 Å². The molecule has 0 saturated heterocycles. The summed E-state index contributed by atoms with van der Waals surface area (Å²) < 4.78 is 0. The summed E-state index contributed by atoms with van der Waals surface area (Å²) in [4.78, 5) is 10.6. The molecule has 0 aliphatic heterocycles. The number of phenols is 1. The summed E-state index contributed by atoms with van der Waals surface area (Å²) in [5.41, 5.74) is 8.60. The number of nitrogens with two attached hydrogens (primary N) is 1. The van der Waals surface area contributed by atoms with Gasteiger partial charge < -0.3 is 20.8 Å². The van der Waals surface area contributed by atoms with Crippen molar-refractivity contribution in [3.63, 3.8) is 0 Å². The number of nitrogens with zero attached hydrogens (tertiary/aromatic N) is 1. The first-order valence-corrected chi connectivity index (χ1v) is 5.76. The van der Waals surface area contributed by atoms with Gasteiger partial charge in [0.15, 0.2) is 0 Å². The number of aromatic nitrogens is 3. The lowest BCUT2D eigenvalue weighted by Gasteiger charge is -1.99. The van der Waals surface area contributed by atoms with Crippen molar-refractivity contribution >= 4 is 10.9 Å². The molecule has 2 heterocycles. The van der Waals surface area contributed by atoms with Gasteiger partial charge in [0.2, 0.25) is 0 Å². The van der Waals surface area contributed by atoms with Crippen LogP contribution in [0.25, 0.3) is 22.2 Å². The Balaban J connectivity index is 2.13. The number of aromatic hydroxyl groups is 1. The summed E-state index contributed by atoms with van der Waals surface area (Å²) >= 11 is 0. The van der Waals surface area contributed by atoms with Crippen LogP contribution in [0.2, 0.25) is 0 Å². The Kier molecular flexibility index (Phi) is 2.34. The monoisotopic (exact) mass is 242 g/mol. The predicted molar refractivity (Wildman–Crippen MR) is 70.1 cm³/mol. The highest BCUT2D eigenvalue weighted by molar-refractivity contribution is 5.95. The fourth-order valence-corrected chi connectivity index (χ4v) is 2.04. The minimum atomic E-state index is -0.118. The molecule has 0 saturated carbocycles. The average molecular weight is 242 g/mol. The van der Waals surface area contributed by atoms with E-state index in [4.69, 9.17) is 5.73 Å². The molecule has 0 amide bonds. The molecule has 0 unspecified atom stereocenters. The van der Waals surface area contributed by atoms with E-state index in [1.165, 1.54) is 0 Å². The summed E-state index contributed by atoms with van der Waals surface area (Å²) in [5.74, 6) is 1.01. The molecule has 3 rings (SSSR count). The van der Waals surface area contributed by atoms with Gasteiger partial charge in [-0.25, -0.2) is 4.98 Å². The van der Waals surface area contributed by atoms with Gasteiger partial charge in [-0.05, 0) is 19.1 Å². The van der Waals surface area contributed by atoms with Gasteiger partial charge in [0.05, 0.1) is 17.9 Å². The van der Waals surface area contributed by atoms with Crippen LogP contribution in [0.3, 0.4) is 0 Å². The molecular weight excluding hydrogens is 228 g/mol. The van der Waals surface area contributed by atoms with Crippen molar-refractivity contribution in [1.82, 2.24) is 15.0 Å². The number of imidazole rings is 1. The standard InChI is InChI=1S/C13H14N4O/c1-7(14)13-16-6-12(17-13)10-5-15-11-4-8(18)2-3-9(10)11/h2-7,15,18H,14H2,1H3,(H,16,17)/t7-/m0/s1. The highest BCUT2D eigenvalue weighted by Crippen LogP contribution is 2.29. The fourth-order valence-electron chi connectivity index (χ4n) is 2.04. The molecule has 5 heteroatoms. The fraction of sp³-hybridized carbons (Fsp3) is 0.154. The molecule has 1 aromatic carbocycles. The Bertz CT molecular complexity index is 696. The molecule has 3 aromatic rings. The average Bonchev–Trinajstić information content (AvgIpc) is 2.92. The van der Waals surface area contributed by atoms with E-state index in [0.29, 0.717) is 0 Å². The molecule has 5 nitrogen and oxygen atoms in total. The molecule has 0 bridgehead atoms. The number of benzene rings is 1. The van der Waals surface area contributed by atoms with E-state index < -0.39 is 0 Å². The third kappa shape index (κ3) is 1.65. The lowest BCUT2D eigenvalue weighted by atomic mass is 10.1. The summed E-state index contributed by atoms with van der Waals surface area (Å²) in [6, 6.07) is 5.13. The quantitative estimate of drug-likeness (QED) is 0.555. The smallest absolute Gasteiger partial charge is 0.123 e. The second-order valence-electron chi connectivity index (χ2n) is 4.40. The SMILES string of the molecule is C[C@H](N)c1ncc(-c2c[nH]c3cc(O)ccc23)[nH]1. The maximum Gasteiger partial charge on any atom is 0.123 e. The van der Waals surface area contributed by atoms with Gasteiger partial charge in [0, 0.05) is 28.7 Å². The number of phenolic OH excluding ortho intramolecular Hbond substituents is 1. The van der Waals surface area contributed by atoms with E-state index in [1.54, 1.807) is 18.3 Å². The summed E-state index contributed by atoms with van der Waals surface area (Å²) in [5, 5.41) is 10.5. The zero-order valence-electron chi connectivity index (χ0n) is 9.94. The van der Waals surface area contributed by atoms with Crippen LogP contribution < -0.4 is 5.73 Å². The Hall–Kier alpha value is -2.27. The molecule has 18 heavy (non-hydrogen) atoms. The second-order valence-corrected chi connectivity index (χ2v) is 4.40. The third-order valence-electron chi connectivity index (χ3n) is 2.98. The van der Waals surface area contributed by atoms with Gasteiger partial charge in [-0.3, -0.25) is 0 Å². The molecule has 5 N–H and O–H groups in total. The predicted octanol–water partition coefficient (Wildman–Crippen LogP) is 2.28. The Morgan fingerprint density at radius 3 is 2.94 bits per heavy atom. The molecule has 92 valence electrons. The Morgan fingerprint density at radius 1 is 1.39 bits per heavy atom. The van der Waals surface area contributed by atoms with Crippen LogP contribution in [0.15, 0.2) is 30.6 Å². The minimum Gasteiger partial charge on any atom is -0.508 e. The van der Waals surface area contributed by atoms with Gasteiger partial charge in [-0.1, -0.05) is 0 Å². The summed E-state index contributed by atoms with van der Waals surface area (Å²) in [6.45, 7) is 1.88. The highest BCUT2D eigenvalue weighted by Gasteiger charge is 2.10. The van der Waals surface area contributed by atoms with Crippen molar-refractivity contribution in [2.75, 3.05) is 0 Å². The van der Waals surface area contributed by atoms with Gasteiger partial charge in [0.1, 0.15) is 11.6 Å². The minimum absolute atomic E-state index is 0.118. The zero-order valence-corrected chi connectivity index (χ0v) is 9.94. The molecule has 2 aromatic heterocycles. The number of hydrogen-bond donors (Lipinski definition) is 4. The molecule has 1 atom stereocenters. The van der Waals surface area contributed by atoms with E-state index in [9.17, 15) is 5.11 Å². The third-order valence-corrected chi connectivity index (χ3v) is 2.98. The van der Waals surface area contributed by atoms with E-state index in [2.05, 4.69) is 15.0 Å². The van der Waals surface area contributed by atoms with Crippen LogP contribution in [0.1, 0.15) is 18.8 Å². The largest absolute Gasteiger partial charge is 0.508 e. The van der Waals surface area contributed by atoms with E-state index in [-0.39, 0.29) is 11.8 Å². The van der Waals surface area contributed by atoms with Crippen molar-refractivity contribution in [3.05, 3.63) is 36.4 Å². The normalized spacial score (nSPS) is 13.0. The number of H-pyrrole nitrogens is 2. The molecule has 0 aliphatic carbocycles. The zero-order chi connectivity index (χ0) is 12.7. The van der Waals surface area contributed by atoms with Crippen LogP contribution in [0.5, 0.6) is 5.75 Å². The van der Waals surface area contributed by atoms with Crippen LogP contribution in [-0.4, -0.2) is 20.1 Å². The lowest BCUT2D eigenvalue weighted by molar-refractivity contribution is 0.476. The molecule has 0 spiro atoms. The molecule has 0 fully saturated rings. The number of rotatable bonds is 2. The van der Waals surface area contributed by atoms with Crippen molar-refractivity contribution in [2.24, 2.45) is 5.73 Å². The summed E-state index contributed by atoms with van der Waals surface area (Å²) in [6.07, 6.45) is 3.66. The topological polar surface area (TPSA) is 90.7 Å². The second kappa shape index (κ2) is 3.89. The van der Waals surface area contributed by atoms with Gasteiger partial charge in [-0.15, -0.1) is 0 Å². The first-order valence-electron chi connectivity index (χ1n) is 5.76. The summed E-state index contributed by atoms with van der Waals surface area (Å²) in [7, 11) is 0. The van der Waals surface area contributed by atoms with E-state index >= 15 is 0 Å². The number of fused-ring (bicyclic) bond motifs is 1. The first-order chi connectivity index (χ1) is 8.65.